The molecule has 2 rings (SSSR count). The molecular formula is C12H15BrO2. The lowest BCUT2D eigenvalue weighted by Crippen LogP contribution is -2.08. The highest BCUT2D eigenvalue weighted by atomic mass is 79.9. The lowest BCUT2D eigenvalue weighted by Gasteiger charge is -2.06. The van der Waals surface area contributed by atoms with Crippen molar-refractivity contribution in [2.24, 2.45) is 5.92 Å². The first kappa shape index (κ1) is 11.0. The molecule has 2 nitrogen and oxygen atoms in total. The predicted molar refractivity (Wildman–Crippen MR) is 63.2 cm³/mol. The smallest absolute Gasteiger partial charge is 0.120 e. The third-order valence-corrected chi connectivity index (χ3v) is 2.84. The lowest BCUT2D eigenvalue weighted by molar-refractivity contribution is 0.0927. The van der Waals surface area contributed by atoms with E-state index in [1.54, 1.807) is 0 Å². The van der Waals surface area contributed by atoms with Crippen LogP contribution in [0.1, 0.15) is 12.8 Å². The Hall–Kier alpha value is -0.540. The molecule has 0 unspecified atom stereocenters. The number of ether oxygens (including phenoxy) is 2. The van der Waals surface area contributed by atoms with Crippen LogP contribution < -0.4 is 4.74 Å². The maximum Gasteiger partial charge on any atom is 0.120 e. The van der Waals surface area contributed by atoms with Crippen molar-refractivity contribution in [1.82, 2.24) is 0 Å². The van der Waals surface area contributed by atoms with Crippen LogP contribution in [0.15, 0.2) is 28.7 Å². The van der Waals surface area contributed by atoms with Crippen molar-refractivity contribution < 1.29 is 9.47 Å². The third-order valence-electron chi connectivity index (χ3n) is 2.34. The van der Waals surface area contributed by atoms with Crippen LogP contribution in [-0.2, 0) is 4.74 Å². The molecular weight excluding hydrogens is 256 g/mol. The summed E-state index contributed by atoms with van der Waals surface area (Å²) in [7, 11) is 0. The quantitative estimate of drug-likeness (QED) is 0.739. The molecule has 0 aromatic heterocycles. The molecule has 0 amide bonds. The summed E-state index contributed by atoms with van der Waals surface area (Å²) in [4.78, 5) is 0. The van der Waals surface area contributed by atoms with Crippen molar-refractivity contribution in [1.29, 1.82) is 0 Å². The van der Waals surface area contributed by atoms with E-state index in [-0.39, 0.29) is 0 Å². The zero-order valence-corrected chi connectivity index (χ0v) is 10.2. The Kier molecular flexibility index (Phi) is 4.03. The topological polar surface area (TPSA) is 18.5 Å². The molecule has 1 aliphatic carbocycles. The molecule has 0 bridgehead atoms. The van der Waals surface area contributed by atoms with E-state index in [2.05, 4.69) is 15.9 Å². The Balaban J connectivity index is 1.60. The molecule has 1 saturated carbocycles. The molecule has 1 aliphatic rings. The summed E-state index contributed by atoms with van der Waals surface area (Å²) in [6.45, 7) is 2.22. The first-order chi connectivity index (χ1) is 7.34. The van der Waals surface area contributed by atoms with E-state index in [4.69, 9.17) is 9.47 Å². The standard InChI is InChI=1S/C12H15BrO2/c13-11-2-1-3-12(8-11)15-7-6-14-9-10-4-5-10/h1-3,8,10H,4-7,9H2. The maximum atomic E-state index is 5.53. The van der Waals surface area contributed by atoms with Crippen LogP contribution in [0.5, 0.6) is 5.75 Å². The minimum atomic E-state index is 0.628. The van der Waals surface area contributed by atoms with Gasteiger partial charge >= 0.3 is 0 Å². The Morgan fingerprint density at radius 2 is 2.13 bits per heavy atom. The van der Waals surface area contributed by atoms with Crippen molar-refractivity contribution in [3.8, 4) is 5.75 Å². The van der Waals surface area contributed by atoms with E-state index < -0.39 is 0 Å². The number of rotatable bonds is 6. The highest BCUT2D eigenvalue weighted by Gasteiger charge is 2.20. The molecule has 0 atom stereocenters. The largest absolute Gasteiger partial charge is 0.491 e. The third kappa shape index (κ3) is 4.22. The van der Waals surface area contributed by atoms with E-state index in [0.717, 1.165) is 22.7 Å². The Morgan fingerprint density at radius 3 is 2.87 bits per heavy atom. The van der Waals surface area contributed by atoms with Gasteiger partial charge in [0.2, 0.25) is 0 Å². The van der Waals surface area contributed by atoms with Gasteiger partial charge in [0, 0.05) is 11.1 Å². The first-order valence-corrected chi connectivity index (χ1v) is 6.10. The van der Waals surface area contributed by atoms with Gasteiger partial charge in [0.1, 0.15) is 12.4 Å². The molecule has 1 fully saturated rings. The van der Waals surface area contributed by atoms with Gasteiger partial charge < -0.3 is 9.47 Å². The molecule has 3 heteroatoms. The summed E-state index contributed by atoms with van der Waals surface area (Å²) in [6.07, 6.45) is 2.68. The summed E-state index contributed by atoms with van der Waals surface area (Å²) in [5.74, 6) is 1.72. The molecule has 0 heterocycles. The highest BCUT2D eigenvalue weighted by Crippen LogP contribution is 2.28. The SMILES string of the molecule is Brc1cccc(OCCOCC2CC2)c1. The number of hydrogen-bond donors (Lipinski definition) is 0. The Bertz CT molecular complexity index is 310. The van der Waals surface area contributed by atoms with Gasteiger partial charge in [-0.3, -0.25) is 0 Å². The predicted octanol–water partition coefficient (Wildman–Crippen LogP) is 3.25. The van der Waals surface area contributed by atoms with Gasteiger partial charge in [0.05, 0.1) is 6.61 Å². The minimum Gasteiger partial charge on any atom is -0.491 e. The lowest BCUT2D eigenvalue weighted by atomic mass is 10.3. The van der Waals surface area contributed by atoms with Crippen LogP contribution in [0.2, 0.25) is 0 Å². The molecule has 1 aromatic rings. The normalized spacial score (nSPS) is 15.3. The van der Waals surface area contributed by atoms with Crippen LogP contribution in [0.25, 0.3) is 0 Å². The van der Waals surface area contributed by atoms with Gasteiger partial charge in [-0.25, -0.2) is 0 Å². The van der Waals surface area contributed by atoms with Crippen molar-refractivity contribution >= 4 is 15.9 Å². The molecule has 1 aromatic carbocycles. The fourth-order valence-corrected chi connectivity index (χ4v) is 1.69. The highest BCUT2D eigenvalue weighted by molar-refractivity contribution is 9.10. The van der Waals surface area contributed by atoms with Crippen molar-refractivity contribution in [2.45, 2.75) is 12.8 Å². The zero-order valence-electron chi connectivity index (χ0n) is 8.62. The van der Waals surface area contributed by atoms with Crippen LogP contribution in [0.4, 0.5) is 0 Å². The van der Waals surface area contributed by atoms with E-state index in [0.29, 0.717) is 13.2 Å². The van der Waals surface area contributed by atoms with Crippen LogP contribution >= 0.6 is 15.9 Å². The monoisotopic (exact) mass is 270 g/mol. The Morgan fingerprint density at radius 1 is 1.27 bits per heavy atom. The second kappa shape index (κ2) is 5.52. The summed E-state index contributed by atoms with van der Waals surface area (Å²) < 4.78 is 12.0. The van der Waals surface area contributed by atoms with Gasteiger partial charge in [-0.15, -0.1) is 0 Å². The molecule has 0 N–H and O–H groups in total. The second-order valence-corrected chi connectivity index (χ2v) is 4.74. The molecule has 0 spiro atoms. The van der Waals surface area contributed by atoms with Gasteiger partial charge in [0.25, 0.3) is 0 Å². The molecule has 0 aliphatic heterocycles. The van der Waals surface area contributed by atoms with Gasteiger partial charge in [-0.05, 0) is 37.0 Å². The molecule has 82 valence electrons. The average molecular weight is 271 g/mol. The summed E-state index contributed by atoms with van der Waals surface area (Å²) in [5.41, 5.74) is 0. The second-order valence-electron chi connectivity index (χ2n) is 3.82. The molecule has 15 heavy (non-hydrogen) atoms. The summed E-state index contributed by atoms with van der Waals surface area (Å²) in [6, 6.07) is 7.85. The molecule has 0 saturated heterocycles. The van der Waals surface area contributed by atoms with E-state index >= 15 is 0 Å². The van der Waals surface area contributed by atoms with Crippen molar-refractivity contribution in [3.05, 3.63) is 28.7 Å². The number of benzene rings is 1. The van der Waals surface area contributed by atoms with Crippen LogP contribution in [0, 0.1) is 5.92 Å². The fraction of sp³-hybridized carbons (Fsp3) is 0.500. The number of hydrogen-bond acceptors (Lipinski definition) is 2. The van der Waals surface area contributed by atoms with Gasteiger partial charge in [-0.1, -0.05) is 22.0 Å². The fourth-order valence-electron chi connectivity index (χ4n) is 1.31. The van der Waals surface area contributed by atoms with E-state index in [1.165, 1.54) is 12.8 Å². The maximum absolute atomic E-state index is 5.53. The van der Waals surface area contributed by atoms with E-state index in [1.807, 2.05) is 24.3 Å². The minimum absolute atomic E-state index is 0.628. The van der Waals surface area contributed by atoms with Crippen molar-refractivity contribution in [3.63, 3.8) is 0 Å². The average Bonchev–Trinajstić information content (AvgIpc) is 3.01. The first-order valence-electron chi connectivity index (χ1n) is 5.31. The number of halogens is 1. The molecule has 0 radical (unpaired) electrons. The van der Waals surface area contributed by atoms with Crippen LogP contribution in [0.3, 0.4) is 0 Å². The Labute approximate surface area is 98.7 Å². The summed E-state index contributed by atoms with van der Waals surface area (Å²) >= 11 is 3.40. The summed E-state index contributed by atoms with van der Waals surface area (Å²) in [5, 5.41) is 0. The van der Waals surface area contributed by atoms with Crippen LogP contribution in [-0.4, -0.2) is 19.8 Å². The van der Waals surface area contributed by atoms with Gasteiger partial charge in [0.15, 0.2) is 0 Å². The van der Waals surface area contributed by atoms with Crippen molar-refractivity contribution in [2.75, 3.05) is 19.8 Å². The van der Waals surface area contributed by atoms with E-state index in [9.17, 15) is 0 Å². The van der Waals surface area contributed by atoms with Gasteiger partial charge in [-0.2, -0.15) is 0 Å². The zero-order chi connectivity index (χ0) is 10.5.